The van der Waals surface area contributed by atoms with Gasteiger partial charge in [0.15, 0.2) is 0 Å². The number of rotatable bonds is 6. The third-order valence-electron chi connectivity index (χ3n) is 3.42. The van der Waals surface area contributed by atoms with Gasteiger partial charge < -0.3 is 15.6 Å². The molecule has 0 saturated heterocycles. The highest BCUT2D eigenvalue weighted by Crippen LogP contribution is 2.17. The molecule has 0 aromatic heterocycles. The molecular formula is C17H22N2O2. The van der Waals surface area contributed by atoms with Crippen LogP contribution in [0, 0.1) is 0 Å². The Morgan fingerprint density at radius 2 is 1.71 bits per heavy atom. The van der Waals surface area contributed by atoms with Gasteiger partial charge in [0, 0.05) is 18.8 Å². The second kappa shape index (κ2) is 7.11. The molecule has 112 valence electrons. The summed E-state index contributed by atoms with van der Waals surface area (Å²) in [6.45, 7) is 1.34. The molecule has 0 amide bonds. The Labute approximate surface area is 125 Å². The van der Waals surface area contributed by atoms with E-state index in [4.69, 9.17) is 10.5 Å². The second-order valence-corrected chi connectivity index (χ2v) is 5.23. The van der Waals surface area contributed by atoms with Crippen molar-refractivity contribution in [1.29, 1.82) is 0 Å². The van der Waals surface area contributed by atoms with E-state index in [0.717, 1.165) is 17.9 Å². The van der Waals surface area contributed by atoms with Crippen LogP contribution >= 0.6 is 0 Å². The van der Waals surface area contributed by atoms with Crippen LogP contribution in [0.2, 0.25) is 0 Å². The highest BCUT2D eigenvalue weighted by atomic mass is 16.5. The van der Waals surface area contributed by atoms with Gasteiger partial charge in [0.2, 0.25) is 0 Å². The molecule has 1 atom stereocenters. The first-order chi connectivity index (χ1) is 10.1. The fourth-order valence-electron chi connectivity index (χ4n) is 2.23. The first-order valence-corrected chi connectivity index (χ1v) is 6.93. The standard InChI is InChI=1S/C17H22N2O2/c1-19(11-13-3-9-16(21-2)10-4-13)12-17(20)14-5-7-15(18)8-6-14/h3-10,17,20H,11-12,18H2,1-2H3. The number of nitrogens with zero attached hydrogens (tertiary/aromatic N) is 1. The molecule has 4 nitrogen and oxygen atoms in total. The number of likely N-dealkylation sites (N-methyl/N-ethyl adjacent to an activating group) is 1. The quantitative estimate of drug-likeness (QED) is 0.801. The van der Waals surface area contributed by atoms with Crippen LogP contribution in [-0.4, -0.2) is 30.7 Å². The van der Waals surface area contributed by atoms with Crippen LogP contribution < -0.4 is 10.5 Å². The minimum atomic E-state index is -0.520. The smallest absolute Gasteiger partial charge is 0.118 e. The minimum absolute atomic E-state index is 0.520. The molecule has 0 aliphatic heterocycles. The average Bonchev–Trinajstić information content (AvgIpc) is 2.48. The van der Waals surface area contributed by atoms with Crippen LogP contribution in [0.15, 0.2) is 48.5 Å². The number of nitrogens with two attached hydrogens (primary N) is 1. The van der Waals surface area contributed by atoms with Crippen molar-refractivity contribution >= 4 is 5.69 Å². The molecule has 0 spiro atoms. The van der Waals surface area contributed by atoms with Crippen molar-refractivity contribution in [2.45, 2.75) is 12.6 Å². The van der Waals surface area contributed by atoms with E-state index >= 15 is 0 Å². The van der Waals surface area contributed by atoms with Crippen LogP contribution in [0.3, 0.4) is 0 Å². The first kappa shape index (κ1) is 15.4. The van der Waals surface area contributed by atoms with Crippen molar-refractivity contribution in [3.05, 3.63) is 59.7 Å². The minimum Gasteiger partial charge on any atom is -0.497 e. The normalized spacial score (nSPS) is 12.4. The van der Waals surface area contributed by atoms with Crippen molar-refractivity contribution < 1.29 is 9.84 Å². The van der Waals surface area contributed by atoms with Gasteiger partial charge in [0.05, 0.1) is 13.2 Å². The average molecular weight is 286 g/mol. The maximum Gasteiger partial charge on any atom is 0.118 e. The van der Waals surface area contributed by atoms with Gasteiger partial charge in [-0.15, -0.1) is 0 Å². The lowest BCUT2D eigenvalue weighted by atomic mass is 10.1. The van der Waals surface area contributed by atoms with Gasteiger partial charge in [-0.3, -0.25) is 4.90 Å². The van der Waals surface area contributed by atoms with E-state index in [1.54, 1.807) is 7.11 Å². The summed E-state index contributed by atoms with van der Waals surface area (Å²) in [7, 11) is 3.65. The van der Waals surface area contributed by atoms with Crippen molar-refractivity contribution in [2.75, 3.05) is 26.4 Å². The van der Waals surface area contributed by atoms with Crippen LogP contribution in [-0.2, 0) is 6.54 Å². The van der Waals surface area contributed by atoms with E-state index in [9.17, 15) is 5.11 Å². The van der Waals surface area contributed by atoms with Gasteiger partial charge >= 0.3 is 0 Å². The molecule has 1 unspecified atom stereocenters. The Balaban J connectivity index is 1.91. The van der Waals surface area contributed by atoms with E-state index < -0.39 is 6.10 Å². The number of benzene rings is 2. The molecule has 2 aromatic rings. The molecular weight excluding hydrogens is 264 g/mol. The van der Waals surface area contributed by atoms with Crippen LogP contribution in [0.4, 0.5) is 5.69 Å². The highest BCUT2D eigenvalue weighted by molar-refractivity contribution is 5.39. The number of ether oxygens (including phenoxy) is 1. The number of methoxy groups -OCH3 is 1. The van der Waals surface area contributed by atoms with Crippen LogP contribution in [0.25, 0.3) is 0 Å². The van der Waals surface area contributed by atoms with Gasteiger partial charge in [-0.05, 0) is 42.4 Å². The van der Waals surface area contributed by atoms with E-state index in [1.165, 1.54) is 5.56 Å². The maximum absolute atomic E-state index is 10.2. The topological polar surface area (TPSA) is 58.7 Å². The molecule has 2 aromatic carbocycles. The fourth-order valence-corrected chi connectivity index (χ4v) is 2.23. The molecule has 0 radical (unpaired) electrons. The predicted octanol–water partition coefficient (Wildman–Crippen LogP) is 2.44. The number of hydrogen-bond acceptors (Lipinski definition) is 4. The van der Waals surface area contributed by atoms with E-state index in [-0.39, 0.29) is 0 Å². The largest absolute Gasteiger partial charge is 0.497 e. The van der Waals surface area contributed by atoms with Crippen molar-refractivity contribution in [2.24, 2.45) is 0 Å². The summed E-state index contributed by atoms with van der Waals surface area (Å²) in [4.78, 5) is 2.09. The summed E-state index contributed by atoms with van der Waals surface area (Å²) >= 11 is 0. The Morgan fingerprint density at radius 1 is 1.10 bits per heavy atom. The van der Waals surface area contributed by atoms with Gasteiger partial charge in [0.25, 0.3) is 0 Å². The monoisotopic (exact) mass is 286 g/mol. The van der Waals surface area contributed by atoms with Crippen molar-refractivity contribution in [3.8, 4) is 5.75 Å². The Hall–Kier alpha value is -2.04. The summed E-state index contributed by atoms with van der Waals surface area (Å²) in [5, 5.41) is 10.2. The lowest BCUT2D eigenvalue weighted by molar-refractivity contribution is 0.124. The maximum atomic E-state index is 10.2. The lowest BCUT2D eigenvalue weighted by Crippen LogP contribution is -2.24. The molecule has 0 saturated carbocycles. The summed E-state index contributed by atoms with van der Waals surface area (Å²) in [6, 6.07) is 15.3. The molecule has 21 heavy (non-hydrogen) atoms. The molecule has 0 aliphatic rings. The highest BCUT2D eigenvalue weighted by Gasteiger charge is 2.11. The molecule has 0 fully saturated rings. The molecule has 2 rings (SSSR count). The predicted molar refractivity (Wildman–Crippen MR) is 85.1 cm³/mol. The third-order valence-corrected chi connectivity index (χ3v) is 3.42. The first-order valence-electron chi connectivity index (χ1n) is 6.93. The van der Waals surface area contributed by atoms with Gasteiger partial charge in [-0.1, -0.05) is 24.3 Å². The van der Waals surface area contributed by atoms with E-state index in [1.807, 2.05) is 55.6 Å². The molecule has 0 heterocycles. The Morgan fingerprint density at radius 3 is 2.29 bits per heavy atom. The summed E-state index contributed by atoms with van der Waals surface area (Å²) in [5.41, 5.74) is 8.42. The summed E-state index contributed by atoms with van der Waals surface area (Å²) < 4.78 is 5.14. The van der Waals surface area contributed by atoms with Gasteiger partial charge in [-0.25, -0.2) is 0 Å². The number of hydrogen-bond donors (Lipinski definition) is 2. The van der Waals surface area contributed by atoms with E-state index in [2.05, 4.69) is 4.90 Å². The van der Waals surface area contributed by atoms with Gasteiger partial charge in [-0.2, -0.15) is 0 Å². The second-order valence-electron chi connectivity index (χ2n) is 5.23. The number of anilines is 1. The van der Waals surface area contributed by atoms with Crippen LogP contribution in [0.5, 0.6) is 5.75 Å². The molecule has 3 N–H and O–H groups in total. The molecule has 0 aliphatic carbocycles. The van der Waals surface area contributed by atoms with Crippen molar-refractivity contribution in [3.63, 3.8) is 0 Å². The zero-order valence-electron chi connectivity index (χ0n) is 12.5. The van der Waals surface area contributed by atoms with Crippen LogP contribution in [0.1, 0.15) is 17.2 Å². The molecule has 4 heteroatoms. The van der Waals surface area contributed by atoms with E-state index in [0.29, 0.717) is 12.2 Å². The fraction of sp³-hybridized carbons (Fsp3) is 0.294. The summed E-state index contributed by atoms with van der Waals surface area (Å²) in [6.07, 6.45) is -0.520. The van der Waals surface area contributed by atoms with Crippen molar-refractivity contribution in [1.82, 2.24) is 4.90 Å². The van der Waals surface area contributed by atoms with Gasteiger partial charge in [0.1, 0.15) is 5.75 Å². The molecule has 0 bridgehead atoms. The number of aliphatic hydroxyl groups is 1. The zero-order valence-corrected chi connectivity index (χ0v) is 12.5. The SMILES string of the molecule is COc1ccc(CN(C)CC(O)c2ccc(N)cc2)cc1. The number of nitrogen functional groups attached to an aromatic ring is 1. The number of aliphatic hydroxyl groups excluding tert-OH is 1. The Kier molecular flexibility index (Phi) is 5.20. The lowest BCUT2D eigenvalue weighted by Gasteiger charge is -2.21. The third kappa shape index (κ3) is 4.48. The summed E-state index contributed by atoms with van der Waals surface area (Å²) in [5.74, 6) is 0.850. The zero-order chi connectivity index (χ0) is 15.2. The Bertz CT molecular complexity index is 552.